The van der Waals surface area contributed by atoms with E-state index in [1.165, 1.54) is 19.3 Å². The molecule has 1 saturated heterocycles. The molecule has 0 unspecified atom stereocenters. The Morgan fingerprint density at radius 3 is 2.42 bits per heavy atom. The van der Waals surface area contributed by atoms with Gasteiger partial charge in [-0.2, -0.15) is 0 Å². The second kappa shape index (κ2) is 13.3. The third-order valence-corrected chi connectivity index (χ3v) is 4.79. The van der Waals surface area contributed by atoms with Gasteiger partial charge >= 0.3 is 0 Å². The van der Waals surface area contributed by atoms with E-state index in [0.29, 0.717) is 6.42 Å². The Bertz CT molecular complexity index is 411. The highest BCUT2D eigenvalue weighted by Gasteiger charge is 2.35. The highest BCUT2D eigenvalue weighted by molar-refractivity contribution is 5.77. The van der Waals surface area contributed by atoms with E-state index in [1.807, 2.05) is 6.92 Å². The van der Waals surface area contributed by atoms with Gasteiger partial charge < -0.3 is 29.6 Å². The van der Waals surface area contributed by atoms with Gasteiger partial charge in [0, 0.05) is 6.42 Å². The zero-order valence-electron chi connectivity index (χ0n) is 16.1. The maximum Gasteiger partial charge on any atom is 0.184 e. The topological polar surface area (TPSA) is 99.1 Å². The minimum atomic E-state index is -1.13. The molecule has 1 fully saturated rings. The van der Waals surface area contributed by atoms with Crippen molar-refractivity contribution in [3.63, 3.8) is 0 Å². The molecule has 1 aliphatic rings. The third-order valence-electron chi connectivity index (χ3n) is 4.79. The Kier molecular flexibility index (Phi) is 11.8. The largest absolute Gasteiger partial charge is 0.545 e. The lowest BCUT2D eigenvalue weighted by Gasteiger charge is -2.36. The van der Waals surface area contributed by atoms with Gasteiger partial charge in [0.1, 0.15) is 6.10 Å². The lowest BCUT2D eigenvalue weighted by atomic mass is 10.0. The Labute approximate surface area is 157 Å². The number of aliphatic hydroxyl groups excluding tert-OH is 2. The molecule has 152 valence electrons. The first-order valence-electron chi connectivity index (χ1n) is 9.94. The van der Waals surface area contributed by atoms with Crippen LogP contribution in [0.2, 0.25) is 0 Å². The van der Waals surface area contributed by atoms with E-state index < -0.39 is 24.5 Å². The number of rotatable bonds is 13. The van der Waals surface area contributed by atoms with Gasteiger partial charge in [0.15, 0.2) is 6.29 Å². The Morgan fingerprint density at radius 1 is 1.15 bits per heavy atom. The molecule has 0 bridgehead atoms. The van der Waals surface area contributed by atoms with Gasteiger partial charge in [-0.05, 0) is 39.2 Å². The van der Waals surface area contributed by atoms with Crippen LogP contribution in [0.1, 0.15) is 78.1 Å². The van der Waals surface area contributed by atoms with Crippen LogP contribution in [0.25, 0.3) is 0 Å². The van der Waals surface area contributed by atoms with Crippen molar-refractivity contribution in [3.05, 3.63) is 12.2 Å². The predicted octanol–water partition coefficient (Wildman–Crippen LogP) is 2.07. The summed E-state index contributed by atoms with van der Waals surface area (Å²) in [5.74, 6) is -1.13. The molecule has 1 rings (SSSR count). The first-order valence-corrected chi connectivity index (χ1v) is 9.94. The number of ether oxygens (including phenoxy) is 2. The molecule has 0 saturated carbocycles. The van der Waals surface area contributed by atoms with Gasteiger partial charge in [-0.25, -0.2) is 0 Å². The Hall–Kier alpha value is -0.950. The van der Waals surface area contributed by atoms with Crippen LogP contribution in [0.4, 0.5) is 0 Å². The maximum absolute atomic E-state index is 10.2. The molecule has 0 radical (unpaired) electrons. The lowest BCUT2D eigenvalue weighted by Crippen LogP contribution is -2.48. The van der Waals surface area contributed by atoms with Crippen molar-refractivity contribution in [1.29, 1.82) is 0 Å². The van der Waals surface area contributed by atoms with E-state index in [9.17, 15) is 20.1 Å². The van der Waals surface area contributed by atoms with Gasteiger partial charge in [-0.1, -0.05) is 44.6 Å². The Balaban J connectivity index is 1.97. The SMILES string of the molecule is C[C@H](CCCCCCCCC/C=C/C(=O)[O-])O[C@@H]1O[C@@H](C)[C@H](O)C[C@H]1O. The van der Waals surface area contributed by atoms with Crippen molar-refractivity contribution in [3.8, 4) is 0 Å². The summed E-state index contributed by atoms with van der Waals surface area (Å²) in [7, 11) is 0. The number of carboxylic acids is 1. The summed E-state index contributed by atoms with van der Waals surface area (Å²) in [5.41, 5.74) is 0. The molecule has 1 heterocycles. The molecule has 0 aliphatic carbocycles. The molecule has 0 amide bonds. The van der Waals surface area contributed by atoms with Gasteiger partial charge in [-0.3, -0.25) is 0 Å². The molecule has 0 aromatic heterocycles. The number of aliphatic carboxylic acids is 1. The molecule has 26 heavy (non-hydrogen) atoms. The summed E-state index contributed by atoms with van der Waals surface area (Å²) < 4.78 is 11.3. The van der Waals surface area contributed by atoms with Crippen LogP contribution in [0.15, 0.2) is 12.2 Å². The quantitative estimate of drug-likeness (QED) is 0.380. The molecule has 1 aliphatic heterocycles. The van der Waals surface area contributed by atoms with Crippen LogP contribution in [-0.4, -0.2) is 46.9 Å². The van der Waals surface area contributed by atoms with E-state index >= 15 is 0 Å². The fourth-order valence-corrected chi connectivity index (χ4v) is 3.12. The number of hydrogen-bond acceptors (Lipinski definition) is 6. The molecule has 2 N–H and O–H groups in total. The molecular formula is C20H35O6-. The molecular weight excluding hydrogens is 336 g/mol. The molecule has 6 heteroatoms. The number of allylic oxidation sites excluding steroid dienone is 1. The third kappa shape index (κ3) is 10.3. The Morgan fingerprint density at radius 2 is 1.77 bits per heavy atom. The van der Waals surface area contributed by atoms with Crippen molar-refractivity contribution in [2.75, 3.05) is 0 Å². The van der Waals surface area contributed by atoms with Gasteiger partial charge in [0.25, 0.3) is 0 Å². The van der Waals surface area contributed by atoms with Crippen molar-refractivity contribution >= 4 is 5.97 Å². The first-order chi connectivity index (χ1) is 12.4. The van der Waals surface area contributed by atoms with E-state index in [-0.39, 0.29) is 12.2 Å². The van der Waals surface area contributed by atoms with Crippen molar-refractivity contribution in [2.24, 2.45) is 0 Å². The standard InChI is InChI=1S/C20H36O6/c1-15(25-20-18(22)14-17(21)16(2)26-20)12-10-8-6-4-3-5-7-9-11-13-19(23)24/h11,13,15-18,20-22H,3-10,12,14H2,1-2H3,(H,23,24)/p-1/b13-11+/t15-,16+,17-,18-,20-/m1/s1. The lowest BCUT2D eigenvalue weighted by molar-refractivity contribution is -0.297. The van der Waals surface area contributed by atoms with E-state index in [1.54, 1.807) is 13.0 Å². The highest BCUT2D eigenvalue weighted by atomic mass is 16.7. The number of carbonyl (C=O) groups excluding carboxylic acids is 1. The van der Waals surface area contributed by atoms with E-state index in [4.69, 9.17) is 9.47 Å². The monoisotopic (exact) mass is 371 g/mol. The number of carbonyl (C=O) groups is 1. The minimum absolute atomic E-state index is 0.0209. The molecule has 5 atom stereocenters. The van der Waals surface area contributed by atoms with Gasteiger partial charge in [0.2, 0.25) is 0 Å². The van der Waals surface area contributed by atoms with E-state index in [2.05, 4.69) is 0 Å². The summed E-state index contributed by atoms with van der Waals surface area (Å²) in [6, 6.07) is 0. The van der Waals surface area contributed by atoms with Crippen LogP contribution in [-0.2, 0) is 14.3 Å². The normalized spacial score (nSPS) is 27.7. The molecule has 0 aromatic carbocycles. The summed E-state index contributed by atoms with van der Waals surface area (Å²) in [6.07, 6.45) is 10.4. The van der Waals surface area contributed by atoms with Crippen LogP contribution >= 0.6 is 0 Å². The summed E-state index contributed by atoms with van der Waals surface area (Å²) >= 11 is 0. The average Bonchev–Trinajstić information content (AvgIpc) is 2.57. The molecule has 6 nitrogen and oxygen atoms in total. The van der Waals surface area contributed by atoms with Crippen molar-refractivity contribution < 1.29 is 29.6 Å². The fourth-order valence-electron chi connectivity index (χ4n) is 3.12. The summed E-state index contributed by atoms with van der Waals surface area (Å²) in [4.78, 5) is 10.2. The number of hydrogen-bond donors (Lipinski definition) is 2. The van der Waals surface area contributed by atoms with Gasteiger partial charge in [0.05, 0.1) is 24.3 Å². The number of unbranched alkanes of at least 4 members (excludes halogenated alkanes) is 7. The second-order valence-electron chi connectivity index (χ2n) is 7.30. The van der Waals surface area contributed by atoms with Gasteiger partial charge in [-0.15, -0.1) is 0 Å². The van der Waals surface area contributed by atoms with E-state index in [0.717, 1.165) is 44.6 Å². The van der Waals surface area contributed by atoms with Crippen LogP contribution in [0, 0.1) is 0 Å². The maximum atomic E-state index is 10.2. The zero-order chi connectivity index (χ0) is 19.4. The molecule has 0 aromatic rings. The summed E-state index contributed by atoms with van der Waals surface area (Å²) in [5, 5.41) is 29.8. The van der Waals surface area contributed by atoms with Crippen LogP contribution < -0.4 is 5.11 Å². The average molecular weight is 371 g/mol. The highest BCUT2D eigenvalue weighted by Crippen LogP contribution is 2.23. The second-order valence-corrected chi connectivity index (χ2v) is 7.30. The van der Waals surface area contributed by atoms with Crippen LogP contribution in [0.5, 0.6) is 0 Å². The van der Waals surface area contributed by atoms with Crippen molar-refractivity contribution in [2.45, 2.75) is 109 Å². The smallest absolute Gasteiger partial charge is 0.184 e. The number of carboxylic acid groups (broad SMARTS) is 1. The number of aliphatic hydroxyl groups is 2. The zero-order valence-corrected chi connectivity index (χ0v) is 16.1. The predicted molar refractivity (Wildman–Crippen MR) is 97.2 cm³/mol. The van der Waals surface area contributed by atoms with Crippen LogP contribution in [0.3, 0.4) is 0 Å². The summed E-state index contributed by atoms with van der Waals surface area (Å²) in [6.45, 7) is 3.78. The van der Waals surface area contributed by atoms with Crippen molar-refractivity contribution in [1.82, 2.24) is 0 Å². The minimum Gasteiger partial charge on any atom is -0.545 e. The first kappa shape index (κ1) is 23.1. The fraction of sp³-hybridized carbons (Fsp3) is 0.850. The molecule has 0 spiro atoms.